The topological polar surface area (TPSA) is 130 Å². The normalized spacial score (nSPS) is 15.8. The molecular weight excluding hydrogens is 316 g/mol. The summed E-state index contributed by atoms with van der Waals surface area (Å²) in [5.74, 6) is -1.54. The minimum absolute atomic E-state index is 0.0436. The van der Waals surface area contributed by atoms with Crippen LogP contribution in [-0.2, 0) is 23.9 Å². The largest absolute Gasteiger partial charge is 0.463 e. The number of rotatable bonds is 12. The fourth-order valence-electron chi connectivity index (χ4n) is 1.86. The number of hydrogen-bond donors (Lipinski definition) is 2. The van der Waals surface area contributed by atoms with Crippen LogP contribution in [0.1, 0.15) is 32.6 Å². The first-order valence-corrected chi connectivity index (χ1v) is 7.91. The third-order valence-corrected chi connectivity index (χ3v) is 3.56. The third-order valence-electron chi connectivity index (χ3n) is 3.56. The molecule has 0 aromatic carbocycles. The first kappa shape index (κ1) is 20.0. The number of nitrogens with zero attached hydrogens (tertiary/aromatic N) is 2. The van der Waals surface area contributed by atoms with Crippen molar-refractivity contribution in [2.45, 2.75) is 50.8 Å². The standard InChI is InChI=1S/C15H24N4O5/c1-10(23-2)14(21)19-13(6-5-12(20)9-18-16)15(22)24-8-7-17-11-3-4-11/h9-11,13,17H,3-8H2,1-2H3,(H,19,21)/t10-,13-/m0/s1. The highest BCUT2D eigenvalue weighted by Crippen LogP contribution is 2.17. The Balaban J connectivity index is 2.49. The number of carbonyl (C=O) groups excluding carboxylic acids is 3. The summed E-state index contributed by atoms with van der Waals surface area (Å²) in [6, 6.07) is -0.454. The Hall–Kier alpha value is -2.09. The molecule has 0 spiro atoms. The van der Waals surface area contributed by atoms with Gasteiger partial charge in [0, 0.05) is 26.1 Å². The number of carbonyl (C=O) groups is 3. The predicted molar refractivity (Wildman–Crippen MR) is 84.3 cm³/mol. The molecule has 0 unspecified atom stereocenters. The zero-order valence-electron chi connectivity index (χ0n) is 14.0. The highest BCUT2D eigenvalue weighted by atomic mass is 16.5. The van der Waals surface area contributed by atoms with Crippen LogP contribution in [0.5, 0.6) is 0 Å². The lowest BCUT2D eigenvalue weighted by Crippen LogP contribution is -2.46. The minimum Gasteiger partial charge on any atom is -0.463 e. The Kier molecular flexibility index (Phi) is 8.85. The number of ether oxygens (including phenoxy) is 2. The van der Waals surface area contributed by atoms with E-state index < -0.39 is 29.8 Å². The number of nitrogens with one attached hydrogen (secondary N) is 2. The molecule has 0 aromatic rings. The Morgan fingerprint density at radius 1 is 1.38 bits per heavy atom. The van der Waals surface area contributed by atoms with Crippen LogP contribution < -0.4 is 10.6 Å². The molecule has 1 aliphatic rings. The zero-order chi connectivity index (χ0) is 17.9. The van der Waals surface area contributed by atoms with Gasteiger partial charge in [-0.2, -0.15) is 4.79 Å². The van der Waals surface area contributed by atoms with Gasteiger partial charge in [0.25, 0.3) is 0 Å². The zero-order valence-corrected chi connectivity index (χ0v) is 14.0. The molecule has 1 aliphatic carbocycles. The predicted octanol–water partition coefficient (Wildman–Crippen LogP) is -0.549. The number of methoxy groups -OCH3 is 1. The van der Waals surface area contributed by atoms with E-state index in [1.807, 2.05) is 0 Å². The van der Waals surface area contributed by atoms with E-state index in [9.17, 15) is 14.4 Å². The van der Waals surface area contributed by atoms with Crippen molar-refractivity contribution in [2.24, 2.45) is 0 Å². The summed E-state index contributed by atoms with van der Waals surface area (Å²) in [4.78, 5) is 38.0. The van der Waals surface area contributed by atoms with Crippen molar-refractivity contribution in [1.82, 2.24) is 10.6 Å². The molecule has 24 heavy (non-hydrogen) atoms. The Morgan fingerprint density at radius 3 is 2.67 bits per heavy atom. The van der Waals surface area contributed by atoms with Crippen molar-refractivity contribution in [3.63, 3.8) is 0 Å². The molecule has 0 heterocycles. The number of ketones is 1. The van der Waals surface area contributed by atoms with Crippen LogP contribution in [-0.4, -0.2) is 67.1 Å². The fraction of sp³-hybridized carbons (Fsp3) is 0.733. The molecule has 1 rings (SSSR count). The summed E-state index contributed by atoms with van der Waals surface area (Å²) in [5, 5.41) is 5.71. The molecule has 0 saturated heterocycles. The van der Waals surface area contributed by atoms with Crippen molar-refractivity contribution >= 4 is 23.9 Å². The summed E-state index contributed by atoms with van der Waals surface area (Å²) in [6.07, 6.45) is 2.27. The van der Waals surface area contributed by atoms with E-state index in [1.54, 1.807) is 6.92 Å². The molecule has 0 aromatic heterocycles. The molecular formula is C15H24N4O5. The van der Waals surface area contributed by atoms with E-state index in [1.165, 1.54) is 7.11 Å². The number of Topliss-reactive ketones (excluding diaryl/α,β-unsaturated/α-hetero) is 1. The summed E-state index contributed by atoms with van der Waals surface area (Å²) < 4.78 is 10.0. The fourth-order valence-corrected chi connectivity index (χ4v) is 1.86. The van der Waals surface area contributed by atoms with Crippen LogP contribution in [0.15, 0.2) is 0 Å². The molecule has 9 heteroatoms. The van der Waals surface area contributed by atoms with Crippen molar-refractivity contribution in [2.75, 3.05) is 20.3 Å². The molecule has 2 N–H and O–H groups in total. The van der Waals surface area contributed by atoms with Crippen LogP contribution in [0.4, 0.5) is 0 Å². The maximum atomic E-state index is 12.1. The number of esters is 1. The van der Waals surface area contributed by atoms with Crippen LogP contribution in [0.3, 0.4) is 0 Å². The van der Waals surface area contributed by atoms with Crippen LogP contribution in [0, 0.1) is 0 Å². The smallest absolute Gasteiger partial charge is 0.328 e. The Morgan fingerprint density at radius 2 is 2.08 bits per heavy atom. The summed E-state index contributed by atoms with van der Waals surface area (Å²) in [5.41, 5.74) is 8.32. The highest BCUT2D eigenvalue weighted by molar-refractivity contribution is 6.25. The lowest BCUT2D eigenvalue weighted by Gasteiger charge is -2.19. The second kappa shape index (κ2) is 10.6. The van der Waals surface area contributed by atoms with Crippen molar-refractivity contribution in [3.8, 4) is 0 Å². The quantitative estimate of drug-likeness (QED) is 0.161. The van der Waals surface area contributed by atoms with Gasteiger partial charge in [0.2, 0.25) is 11.7 Å². The van der Waals surface area contributed by atoms with E-state index in [0.29, 0.717) is 12.6 Å². The van der Waals surface area contributed by atoms with Gasteiger partial charge in [-0.15, -0.1) is 0 Å². The average molecular weight is 340 g/mol. The number of hydrogen-bond acceptors (Lipinski definition) is 6. The summed E-state index contributed by atoms with van der Waals surface area (Å²) in [6.45, 7) is 2.27. The lowest BCUT2D eigenvalue weighted by atomic mass is 10.1. The maximum absolute atomic E-state index is 12.1. The highest BCUT2D eigenvalue weighted by Gasteiger charge is 2.26. The van der Waals surface area contributed by atoms with Gasteiger partial charge in [-0.1, -0.05) is 0 Å². The van der Waals surface area contributed by atoms with Crippen LogP contribution in [0.2, 0.25) is 0 Å². The van der Waals surface area contributed by atoms with Gasteiger partial charge < -0.3 is 25.6 Å². The molecule has 2 atom stereocenters. The SMILES string of the molecule is CO[C@@H](C)C(=O)N[C@@H](CCC(=O)C=[N+]=[N-])C(=O)OCCNC1CC1. The van der Waals surface area contributed by atoms with Crippen LogP contribution >= 0.6 is 0 Å². The summed E-state index contributed by atoms with van der Waals surface area (Å²) in [7, 11) is 1.38. The second-order valence-electron chi connectivity index (χ2n) is 5.58. The Labute approximate surface area is 140 Å². The van der Waals surface area contributed by atoms with Gasteiger partial charge in [0.05, 0.1) is 0 Å². The maximum Gasteiger partial charge on any atom is 0.328 e. The van der Waals surface area contributed by atoms with Gasteiger partial charge >= 0.3 is 12.2 Å². The molecule has 9 nitrogen and oxygen atoms in total. The average Bonchev–Trinajstić information content (AvgIpc) is 3.38. The molecule has 1 saturated carbocycles. The van der Waals surface area contributed by atoms with Crippen molar-refractivity contribution < 1.29 is 28.6 Å². The Bertz CT molecular complexity index is 500. The molecule has 0 radical (unpaired) electrons. The lowest BCUT2D eigenvalue weighted by molar-refractivity contribution is -0.149. The minimum atomic E-state index is -0.966. The molecule has 134 valence electrons. The van der Waals surface area contributed by atoms with Crippen molar-refractivity contribution in [3.05, 3.63) is 5.53 Å². The molecule has 0 aliphatic heterocycles. The third kappa shape index (κ3) is 7.96. The molecule has 1 fully saturated rings. The van der Waals surface area contributed by atoms with E-state index in [2.05, 4.69) is 15.4 Å². The van der Waals surface area contributed by atoms with Gasteiger partial charge in [-0.25, -0.2) is 4.79 Å². The molecule has 1 amide bonds. The van der Waals surface area contributed by atoms with E-state index >= 15 is 0 Å². The van der Waals surface area contributed by atoms with Crippen molar-refractivity contribution in [1.29, 1.82) is 0 Å². The number of amides is 1. The second-order valence-corrected chi connectivity index (χ2v) is 5.58. The van der Waals surface area contributed by atoms with Gasteiger partial charge in [-0.3, -0.25) is 9.59 Å². The molecule has 0 bridgehead atoms. The van der Waals surface area contributed by atoms with E-state index in [0.717, 1.165) is 19.1 Å². The monoisotopic (exact) mass is 340 g/mol. The van der Waals surface area contributed by atoms with Gasteiger partial charge in [0.15, 0.2) is 0 Å². The van der Waals surface area contributed by atoms with Crippen LogP contribution in [0.25, 0.3) is 5.53 Å². The first-order valence-electron chi connectivity index (χ1n) is 7.91. The summed E-state index contributed by atoms with van der Waals surface area (Å²) >= 11 is 0. The van der Waals surface area contributed by atoms with Gasteiger partial charge in [-0.05, 0) is 26.2 Å². The van der Waals surface area contributed by atoms with E-state index in [-0.39, 0.29) is 19.4 Å². The van der Waals surface area contributed by atoms with Gasteiger partial charge in [0.1, 0.15) is 18.8 Å². The first-order chi connectivity index (χ1) is 11.5. The van der Waals surface area contributed by atoms with E-state index in [4.69, 9.17) is 15.0 Å².